The van der Waals surface area contributed by atoms with Crippen LogP contribution in [-0.2, 0) is 16.6 Å². The highest BCUT2D eigenvalue weighted by molar-refractivity contribution is 7.88. The second-order valence-electron chi connectivity index (χ2n) is 10.7. The number of carbonyl (C=O) groups is 1. The van der Waals surface area contributed by atoms with Gasteiger partial charge >= 0.3 is 0 Å². The van der Waals surface area contributed by atoms with Crippen molar-refractivity contribution in [3.8, 4) is 0 Å². The Labute approximate surface area is 190 Å². The molecule has 1 heterocycles. The van der Waals surface area contributed by atoms with E-state index < -0.39 is 10.0 Å². The number of hydrogen-bond acceptors (Lipinski definition) is 3. The average molecular weight is 464 g/mol. The standard InChI is InChI=1S/C24H34FN3O3S/c1-14-7-8-17-18(15(2)28(20(17)19(14)25)12-11-26-32(6,30)31)21(29)27-22-23(3,4)16-9-10-24(22,5)13-16/h7-8,16,22,26H,9-13H2,1-6H3,(H,27,29). The minimum atomic E-state index is -3.37. The number of fused-ring (bicyclic) bond motifs is 3. The summed E-state index contributed by atoms with van der Waals surface area (Å²) in [6, 6.07) is 3.54. The lowest BCUT2D eigenvalue weighted by atomic mass is 9.68. The highest BCUT2D eigenvalue weighted by Crippen LogP contribution is 2.62. The maximum Gasteiger partial charge on any atom is 0.253 e. The van der Waals surface area contributed by atoms with Crippen LogP contribution in [0.25, 0.3) is 10.9 Å². The average Bonchev–Trinajstić information content (AvgIpc) is 3.26. The van der Waals surface area contributed by atoms with Gasteiger partial charge in [-0.1, -0.05) is 32.9 Å². The van der Waals surface area contributed by atoms with Crippen LogP contribution in [0.3, 0.4) is 0 Å². The van der Waals surface area contributed by atoms with Crippen molar-refractivity contribution in [1.29, 1.82) is 0 Å². The molecule has 0 saturated heterocycles. The molecule has 0 spiro atoms. The van der Waals surface area contributed by atoms with Crippen molar-refractivity contribution in [2.75, 3.05) is 12.8 Å². The van der Waals surface area contributed by atoms with Crippen LogP contribution in [0.4, 0.5) is 4.39 Å². The number of nitrogens with one attached hydrogen (secondary N) is 2. The van der Waals surface area contributed by atoms with Crippen molar-refractivity contribution >= 4 is 26.8 Å². The lowest BCUT2D eigenvalue weighted by Gasteiger charge is -2.43. The van der Waals surface area contributed by atoms with Crippen LogP contribution in [0, 0.1) is 36.4 Å². The fraction of sp³-hybridized carbons (Fsp3) is 0.625. The molecule has 1 aromatic heterocycles. The first-order chi connectivity index (χ1) is 14.8. The number of hydrogen-bond donors (Lipinski definition) is 2. The van der Waals surface area contributed by atoms with E-state index in [0.717, 1.165) is 19.1 Å². The van der Waals surface area contributed by atoms with E-state index in [1.807, 2.05) is 0 Å². The lowest BCUT2D eigenvalue weighted by Crippen LogP contribution is -2.52. The second kappa shape index (κ2) is 7.55. The van der Waals surface area contributed by atoms with Gasteiger partial charge < -0.3 is 9.88 Å². The molecule has 0 aliphatic heterocycles. The molecule has 32 heavy (non-hydrogen) atoms. The highest BCUT2D eigenvalue weighted by atomic mass is 32.2. The van der Waals surface area contributed by atoms with Gasteiger partial charge in [0.2, 0.25) is 10.0 Å². The minimum Gasteiger partial charge on any atom is -0.348 e. The molecular weight excluding hydrogens is 429 g/mol. The first kappa shape index (κ1) is 23.2. The Morgan fingerprint density at radius 2 is 1.94 bits per heavy atom. The van der Waals surface area contributed by atoms with Crippen molar-refractivity contribution < 1.29 is 17.6 Å². The summed E-state index contributed by atoms with van der Waals surface area (Å²) in [5.74, 6) is 0.0380. The Hall–Kier alpha value is -1.93. The van der Waals surface area contributed by atoms with Crippen molar-refractivity contribution in [2.24, 2.45) is 16.7 Å². The number of aromatic nitrogens is 1. The second-order valence-corrected chi connectivity index (χ2v) is 12.5. The van der Waals surface area contributed by atoms with E-state index in [1.54, 1.807) is 30.5 Å². The quantitative estimate of drug-likeness (QED) is 0.682. The Balaban J connectivity index is 1.73. The molecule has 2 bridgehead atoms. The predicted molar refractivity (Wildman–Crippen MR) is 125 cm³/mol. The van der Waals surface area contributed by atoms with Crippen LogP contribution in [0.1, 0.15) is 61.6 Å². The SMILES string of the molecule is Cc1ccc2c(C(=O)NC3C4(C)CCC(C4)C3(C)C)c(C)n(CCNS(C)(=O)=O)c2c1F. The molecule has 8 heteroatoms. The van der Waals surface area contributed by atoms with Crippen LogP contribution < -0.4 is 10.0 Å². The molecule has 0 radical (unpaired) electrons. The molecule has 1 amide bonds. The number of carbonyl (C=O) groups excluding carboxylic acids is 1. The molecule has 2 fully saturated rings. The topological polar surface area (TPSA) is 80.2 Å². The highest BCUT2D eigenvalue weighted by Gasteiger charge is 2.59. The van der Waals surface area contributed by atoms with Gasteiger partial charge in [-0.05, 0) is 55.4 Å². The van der Waals surface area contributed by atoms with Gasteiger partial charge in [0.1, 0.15) is 5.82 Å². The third-order valence-electron chi connectivity index (χ3n) is 8.09. The molecule has 6 nitrogen and oxygen atoms in total. The summed E-state index contributed by atoms with van der Waals surface area (Å²) in [7, 11) is -3.37. The zero-order valence-corrected chi connectivity index (χ0v) is 20.6. The predicted octanol–water partition coefficient (Wildman–Crippen LogP) is 3.89. The smallest absolute Gasteiger partial charge is 0.253 e. The number of amides is 1. The molecule has 2 aliphatic carbocycles. The van der Waals surface area contributed by atoms with Crippen molar-refractivity contribution in [1.82, 2.24) is 14.6 Å². The molecule has 176 valence electrons. The van der Waals surface area contributed by atoms with Crippen LogP contribution in [0.15, 0.2) is 12.1 Å². The van der Waals surface area contributed by atoms with E-state index in [9.17, 15) is 13.2 Å². The van der Waals surface area contributed by atoms with Gasteiger partial charge in [-0.3, -0.25) is 4.79 Å². The summed E-state index contributed by atoms with van der Waals surface area (Å²) in [4.78, 5) is 13.6. The fourth-order valence-electron chi connectivity index (χ4n) is 6.40. The van der Waals surface area contributed by atoms with E-state index in [1.165, 1.54) is 6.42 Å². The Bertz CT molecular complexity index is 1200. The number of benzene rings is 1. The zero-order chi connectivity index (χ0) is 23.6. The van der Waals surface area contributed by atoms with Crippen LogP contribution in [-0.4, -0.2) is 37.7 Å². The lowest BCUT2D eigenvalue weighted by molar-refractivity contribution is 0.0738. The van der Waals surface area contributed by atoms with Gasteiger partial charge in [-0.15, -0.1) is 0 Å². The molecule has 3 unspecified atom stereocenters. The normalized spacial score (nSPS) is 26.7. The maximum absolute atomic E-state index is 15.2. The van der Waals surface area contributed by atoms with Crippen LogP contribution in [0.5, 0.6) is 0 Å². The maximum atomic E-state index is 15.2. The third kappa shape index (κ3) is 3.65. The minimum absolute atomic E-state index is 0.0101. The number of rotatable bonds is 6. The van der Waals surface area contributed by atoms with Gasteiger partial charge in [-0.2, -0.15) is 0 Å². The molecule has 2 N–H and O–H groups in total. The van der Waals surface area contributed by atoms with Crippen molar-refractivity contribution in [3.05, 3.63) is 34.8 Å². The summed E-state index contributed by atoms with van der Waals surface area (Å²) in [6.07, 6.45) is 4.52. The van der Waals surface area contributed by atoms with E-state index >= 15 is 4.39 Å². The summed E-state index contributed by atoms with van der Waals surface area (Å²) >= 11 is 0. The van der Waals surface area contributed by atoms with Gasteiger partial charge in [0, 0.05) is 30.2 Å². The van der Waals surface area contributed by atoms with Gasteiger partial charge in [0.05, 0.1) is 17.3 Å². The third-order valence-corrected chi connectivity index (χ3v) is 8.82. The van der Waals surface area contributed by atoms with Crippen molar-refractivity contribution in [3.63, 3.8) is 0 Å². The fourth-order valence-corrected chi connectivity index (χ4v) is 6.87. The van der Waals surface area contributed by atoms with Crippen LogP contribution in [0.2, 0.25) is 0 Å². The molecule has 3 atom stereocenters. The summed E-state index contributed by atoms with van der Waals surface area (Å²) < 4.78 is 42.4. The first-order valence-corrected chi connectivity index (χ1v) is 13.2. The Kier molecular flexibility index (Phi) is 5.48. The number of nitrogens with zero attached hydrogens (tertiary/aromatic N) is 1. The first-order valence-electron chi connectivity index (χ1n) is 11.3. The van der Waals surface area contributed by atoms with E-state index in [-0.39, 0.29) is 41.7 Å². The van der Waals surface area contributed by atoms with Crippen molar-refractivity contribution in [2.45, 2.75) is 66.5 Å². The molecule has 2 aromatic rings. The molecule has 1 aromatic carbocycles. The molecular formula is C24H34FN3O3S. The van der Waals surface area contributed by atoms with Crippen LogP contribution >= 0.6 is 0 Å². The number of sulfonamides is 1. The largest absolute Gasteiger partial charge is 0.348 e. The van der Waals surface area contributed by atoms with Gasteiger partial charge in [0.25, 0.3) is 5.91 Å². The summed E-state index contributed by atoms with van der Waals surface area (Å²) in [5, 5.41) is 3.90. The van der Waals surface area contributed by atoms with Gasteiger partial charge in [0.15, 0.2) is 0 Å². The van der Waals surface area contributed by atoms with E-state index in [4.69, 9.17) is 0 Å². The number of halogens is 1. The molecule has 2 aliphatic rings. The molecule has 4 rings (SSSR count). The van der Waals surface area contributed by atoms with E-state index in [0.29, 0.717) is 33.6 Å². The Morgan fingerprint density at radius 3 is 2.53 bits per heavy atom. The Morgan fingerprint density at radius 1 is 1.25 bits per heavy atom. The zero-order valence-electron chi connectivity index (χ0n) is 19.8. The van der Waals surface area contributed by atoms with Gasteiger partial charge in [-0.25, -0.2) is 17.5 Å². The van der Waals surface area contributed by atoms with E-state index in [2.05, 4.69) is 30.8 Å². The number of aryl methyl sites for hydroxylation is 1. The monoisotopic (exact) mass is 463 g/mol. The summed E-state index contributed by atoms with van der Waals surface area (Å²) in [6.45, 7) is 10.6. The molecule has 2 saturated carbocycles. The summed E-state index contributed by atoms with van der Waals surface area (Å²) in [5.41, 5.74) is 2.04.